The van der Waals surface area contributed by atoms with E-state index in [1.54, 1.807) is 57.5 Å². The molecule has 1 amide bonds. The Morgan fingerprint density at radius 2 is 1.42 bits per heavy atom. The summed E-state index contributed by atoms with van der Waals surface area (Å²) in [5, 5.41) is 23.1. The first-order valence-electron chi connectivity index (χ1n) is 14.4. The van der Waals surface area contributed by atoms with Crippen molar-refractivity contribution in [2.45, 2.75) is 64.5 Å². The first-order valence-corrected chi connectivity index (χ1v) is 14.4. The number of hydrogen-bond acceptors (Lipinski definition) is 13. The highest BCUT2D eigenvalue weighted by molar-refractivity contribution is 5.85. The Morgan fingerprint density at radius 3 is 1.87 bits per heavy atom. The van der Waals surface area contributed by atoms with Gasteiger partial charge in [0.2, 0.25) is 0 Å². The van der Waals surface area contributed by atoms with E-state index in [-0.39, 0.29) is 37.0 Å². The summed E-state index contributed by atoms with van der Waals surface area (Å²) in [5.41, 5.74) is 12.5. The molecule has 0 radical (unpaired) electrons. The number of rotatable bonds is 6. The molecular formula is C29H50Cl2N8O6. The minimum absolute atomic E-state index is 0. The molecule has 256 valence electrons. The Labute approximate surface area is 278 Å². The number of nitrogens with zero attached hydrogens (tertiary/aromatic N) is 5. The highest BCUT2D eigenvalue weighted by atomic mass is 35.5. The molecule has 0 spiro atoms. The quantitative estimate of drug-likeness (QED) is 0.300. The lowest BCUT2D eigenvalue weighted by atomic mass is 10.1. The van der Waals surface area contributed by atoms with E-state index in [9.17, 15) is 15.0 Å². The molecular weight excluding hydrogens is 627 g/mol. The van der Waals surface area contributed by atoms with Crippen molar-refractivity contribution in [1.29, 1.82) is 0 Å². The maximum Gasteiger partial charge on any atom is 0.410 e. The van der Waals surface area contributed by atoms with Gasteiger partial charge in [-0.15, -0.1) is 24.8 Å². The number of nitrogens with one attached hydrogen (secondary N) is 1. The van der Waals surface area contributed by atoms with E-state index in [1.807, 2.05) is 25.7 Å². The summed E-state index contributed by atoms with van der Waals surface area (Å²) < 4.78 is 16.2. The van der Waals surface area contributed by atoms with Crippen LogP contribution in [0.3, 0.4) is 0 Å². The van der Waals surface area contributed by atoms with Crippen molar-refractivity contribution in [1.82, 2.24) is 20.2 Å². The maximum absolute atomic E-state index is 12.5. The van der Waals surface area contributed by atoms with Gasteiger partial charge in [0.05, 0.1) is 62.3 Å². The molecule has 0 aliphatic carbocycles. The number of anilines is 4. The smallest absolute Gasteiger partial charge is 0.410 e. The zero-order chi connectivity index (χ0) is 31.9. The van der Waals surface area contributed by atoms with Gasteiger partial charge < -0.3 is 51.0 Å². The standard InChI is InChI=1S/C17H28N4O4.C12H20N4O2.2ClH/c1-11(22)13-10-20(12-9-19-15(18)8-14(12)24-5)6-7-21(13)16(23)25-17(2,3)4;1-8(17)9-7-16(4-3-14-9)10-6-15-12(13)5-11(10)18-2;;/h8-9,11,13,22H,6-7,10H2,1-5H3,(H2,18,19);5-6,8-9,14,17H,3-4,7H2,1-2H3,(H2,13,15);2*1H/t11-,13+;8-,9+;;/m00../s1. The molecule has 14 nitrogen and oxygen atoms in total. The number of aliphatic hydroxyl groups is 2. The highest BCUT2D eigenvalue weighted by Gasteiger charge is 2.36. The van der Waals surface area contributed by atoms with Gasteiger partial charge in [-0.05, 0) is 34.6 Å². The fourth-order valence-electron chi connectivity index (χ4n) is 5.00. The van der Waals surface area contributed by atoms with Crippen molar-refractivity contribution in [3.8, 4) is 11.5 Å². The lowest BCUT2D eigenvalue weighted by Crippen LogP contribution is -2.59. The van der Waals surface area contributed by atoms with Gasteiger partial charge in [-0.25, -0.2) is 14.8 Å². The number of methoxy groups -OCH3 is 2. The Morgan fingerprint density at radius 1 is 0.911 bits per heavy atom. The summed E-state index contributed by atoms with van der Waals surface area (Å²) >= 11 is 0. The topological polar surface area (TPSA) is 185 Å². The molecule has 0 saturated carbocycles. The third kappa shape index (κ3) is 11.0. The fourth-order valence-corrected chi connectivity index (χ4v) is 5.00. The Hall–Kier alpha value is -3.17. The summed E-state index contributed by atoms with van der Waals surface area (Å²) in [5.74, 6) is 2.15. The van der Waals surface area contributed by atoms with E-state index in [2.05, 4.69) is 20.2 Å². The number of amides is 1. The molecule has 4 rings (SSSR count). The third-order valence-corrected chi connectivity index (χ3v) is 7.25. The Balaban J connectivity index is 0.000000451. The van der Waals surface area contributed by atoms with Crippen LogP contribution in [0.4, 0.5) is 27.8 Å². The van der Waals surface area contributed by atoms with Gasteiger partial charge in [0, 0.05) is 51.4 Å². The normalized spacial score (nSPS) is 19.5. The minimum Gasteiger partial charge on any atom is -0.494 e. The largest absolute Gasteiger partial charge is 0.494 e. The van der Waals surface area contributed by atoms with Crippen LogP contribution >= 0.6 is 24.8 Å². The molecule has 0 unspecified atom stereocenters. The van der Waals surface area contributed by atoms with E-state index >= 15 is 0 Å². The van der Waals surface area contributed by atoms with Crippen LogP contribution in [0.1, 0.15) is 34.6 Å². The van der Waals surface area contributed by atoms with Gasteiger partial charge >= 0.3 is 6.09 Å². The monoisotopic (exact) mass is 676 g/mol. The van der Waals surface area contributed by atoms with Gasteiger partial charge in [-0.1, -0.05) is 0 Å². The van der Waals surface area contributed by atoms with Crippen molar-refractivity contribution >= 4 is 53.9 Å². The molecule has 2 fully saturated rings. The minimum atomic E-state index is -0.706. The molecule has 2 aromatic rings. The van der Waals surface area contributed by atoms with Gasteiger partial charge in [0.15, 0.2) is 0 Å². The van der Waals surface area contributed by atoms with Gasteiger partial charge in [-0.2, -0.15) is 0 Å². The summed E-state index contributed by atoms with van der Waals surface area (Å²) in [6.07, 6.45) is 1.86. The molecule has 2 aliphatic heterocycles. The predicted molar refractivity (Wildman–Crippen MR) is 181 cm³/mol. The average Bonchev–Trinajstić information content (AvgIpc) is 2.96. The molecule has 7 N–H and O–H groups in total. The second-order valence-corrected chi connectivity index (χ2v) is 11.7. The van der Waals surface area contributed by atoms with Crippen LogP contribution in [0.15, 0.2) is 24.5 Å². The van der Waals surface area contributed by atoms with E-state index in [1.165, 1.54) is 0 Å². The lowest BCUT2D eigenvalue weighted by molar-refractivity contribution is -0.00560. The Kier molecular flexibility index (Phi) is 15.5. The van der Waals surface area contributed by atoms with Crippen LogP contribution in [-0.4, -0.2) is 115 Å². The van der Waals surface area contributed by atoms with Crippen molar-refractivity contribution < 1.29 is 29.2 Å². The van der Waals surface area contributed by atoms with Crippen LogP contribution in [0.25, 0.3) is 0 Å². The summed E-state index contributed by atoms with van der Waals surface area (Å²) in [7, 11) is 3.19. The van der Waals surface area contributed by atoms with Crippen molar-refractivity contribution in [3.63, 3.8) is 0 Å². The van der Waals surface area contributed by atoms with Crippen molar-refractivity contribution in [2.75, 3.05) is 74.8 Å². The van der Waals surface area contributed by atoms with E-state index in [0.717, 1.165) is 31.0 Å². The van der Waals surface area contributed by atoms with Gasteiger partial charge in [0.25, 0.3) is 0 Å². The SMILES string of the molecule is COc1cc(N)ncc1N1CCN(C(=O)OC(C)(C)C)[C@@H]([C@H](C)O)C1.COc1cc(N)ncc1N1CCN[C@@H]([C@H](C)O)C1.Cl.Cl. The molecule has 16 heteroatoms. The van der Waals surface area contributed by atoms with E-state index in [4.69, 9.17) is 25.7 Å². The summed E-state index contributed by atoms with van der Waals surface area (Å²) in [6, 6.07) is 3.04. The molecule has 45 heavy (non-hydrogen) atoms. The first kappa shape index (κ1) is 39.9. The Bertz CT molecular complexity index is 1220. The van der Waals surface area contributed by atoms with Crippen LogP contribution in [-0.2, 0) is 4.74 Å². The summed E-state index contributed by atoms with van der Waals surface area (Å²) in [6.45, 7) is 12.8. The molecule has 0 bridgehead atoms. The molecule has 4 atom stereocenters. The number of carbonyl (C=O) groups excluding carboxylic acids is 1. The van der Waals surface area contributed by atoms with Crippen LogP contribution in [0.2, 0.25) is 0 Å². The number of pyridine rings is 2. The van der Waals surface area contributed by atoms with Crippen molar-refractivity contribution in [2.24, 2.45) is 0 Å². The molecule has 2 saturated heterocycles. The molecule has 0 aromatic carbocycles. The molecule has 4 heterocycles. The number of piperazine rings is 2. The predicted octanol–water partition coefficient (Wildman–Crippen LogP) is 2.15. The van der Waals surface area contributed by atoms with Crippen LogP contribution in [0, 0.1) is 0 Å². The number of nitrogen functional groups attached to an aromatic ring is 2. The van der Waals surface area contributed by atoms with E-state index in [0.29, 0.717) is 42.8 Å². The number of halogens is 2. The number of carbonyl (C=O) groups is 1. The number of ether oxygens (including phenoxy) is 3. The first-order chi connectivity index (χ1) is 20.2. The van der Waals surface area contributed by atoms with E-state index < -0.39 is 23.8 Å². The number of hydrogen-bond donors (Lipinski definition) is 5. The molecule has 2 aromatic heterocycles. The van der Waals surface area contributed by atoms with Gasteiger partial charge in [0.1, 0.15) is 28.7 Å². The third-order valence-electron chi connectivity index (χ3n) is 7.25. The molecule has 2 aliphatic rings. The number of nitrogens with two attached hydrogens (primary N) is 2. The van der Waals surface area contributed by atoms with Crippen LogP contribution in [0.5, 0.6) is 11.5 Å². The number of aromatic nitrogens is 2. The highest BCUT2D eigenvalue weighted by Crippen LogP contribution is 2.32. The van der Waals surface area contributed by atoms with Crippen molar-refractivity contribution in [3.05, 3.63) is 24.5 Å². The van der Waals surface area contributed by atoms with Gasteiger partial charge in [-0.3, -0.25) is 4.90 Å². The maximum atomic E-state index is 12.5. The average molecular weight is 678 g/mol. The second-order valence-electron chi connectivity index (χ2n) is 11.7. The summed E-state index contributed by atoms with van der Waals surface area (Å²) in [4.78, 5) is 26.5. The second kappa shape index (κ2) is 17.5. The van der Waals surface area contributed by atoms with Crippen LogP contribution < -0.4 is 36.1 Å². The lowest BCUT2D eigenvalue weighted by Gasteiger charge is -2.43. The number of aliphatic hydroxyl groups excluding tert-OH is 2. The fraction of sp³-hybridized carbons (Fsp3) is 0.621. The zero-order valence-electron chi connectivity index (χ0n) is 27.1. The zero-order valence-corrected chi connectivity index (χ0v) is 28.7.